The number of imide groups is 1. The Morgan fingerprint density at radius 3 is 2.61 bits per heavy atom. The molecule has 9 nitrogen and oxygen atoms in total. The van der Waals surface area contributed by atoms with E-state index in [4.69, 9.17) is 16.3 Å². The fraction of sp³-hybridized carbons (Fsp3) is 0.556. The minimum Gasteiger partial charge on any atom is -0.382 e. The maximum atomic E-state index is 12.9. The van der Waals surface area contributed by atoms with Crippen molar-refractivity contribution in [1.29, 1.82) is 0 Å². The van der Waals surface area contributed by atoms with Gasteiger partial charge in [-0.15, -0.1) is 0 Å². The number of carbonyl (C=O) groups is 3. The second-order valence-corrected chi connectivity index (χ2v) is 7.64. The number of methoxy groups -OCH3 is 1. The van der Waals surface area contributed by atoms with Crippen LogP contribution in [-0.4, -0.2) is 73.2 Å². The monoisotopic (exact) mass is 409 g/mol. The number of aromatic nitrogens is 1. The summed E-state index contributed by atoms with van der Waals surface area (Å²) < 4.78 is 5.12. The molecule has 28 heavy (non-hydrogen) atoms. The van der Waals surface area contributed by atoms with Crippen molar-refractivity contribution < 1.29 is 19.1 Å². The van der Waals surface area contributed by atoms with Crippen LogP contribution in [0.5, 0.6) is 0 Å². The van der Waals surface area contributed by atoms with Crippen LogP contribution in [0, 0.1) is 5.92 Å². The number of amides is 4. The van der Waals surface area contributed by atoms with Crippen LogP contribution in [0.1, 0.15) is 13.3 Å². The van der Waals surface area contributed by atoms with Crippen molar-refractivity contribution >= 4 is 35.1 Å². The molecule has 1 aromatic rings. The summed E-state index contributed by atoms with van der Waals surface area (Å²) in [5.41, 5.74) is -0.285. The van der Waals surface area contributed by atoms with Crippen molar-refractivity contribution in [2.75, 3.05) is 44.8 Å². The number of halogens is 1. The van der Waals surface area contributed by atoms with Crippen LogP contribution < -0.4 is 15.5 Å². The number of piperazine rings is 1. The third kappa shape index (κ3) is 4.20. The molecule has 2 aliphatic rings. The molecule has 2 aliphatic heterocycles. The minimum atomic E-state index is -1.21. The topological polar surface area (TPSA) is 104 Å². The summed E-state index contributed by atoms with van der Waals surface area (Å²) in [7, 11) is 1.45. The number of urea groups is 1. The zero-order valence-electron chi connectivity index (χ0n) is 15.9. The molecular formula is C18H24ClN5O4. The fourth-order valence-corrected chi connectivity index (χ4v) is 3.93. The fourth-order valence-electron chi connectivity index (χ4n) is 3.76. The molecule has 3 heterocycles. The van der Waals surface area contributed by atoms with Gasteiger partial charge in [0.2, 0.25) is 5.91 Å². The lowest BCUT2D eigenvalue weighted by atomic mass is 9.88. The molecule has 0 bridgehead atoms. The highest BCUT2D eigenvalue weighted by molar-refractivity contribution is 6.30. The number of ether oxygens (including phenoxy) is 1. The molecule has 0 aliphatic carbocycles. The van der Waals surface area contributed by atoms with Gasteiger partial charge in [0.1, 0.15) is 5.54 Å². The van der Waals surface area contributed by atoms with Crippen LogP contribution >= 0.6 is 11.6 Å². The van der Waals surface area contributed by atoms with E-state index < -0.39 is 23.4 Å². The highest BCUT2D eigenvalue weighted by Crippen LogP contribution is 2.24. The van der Waals surface area contributed by atoms with Crippen LogP contribution in [-0.2, 0) is 14.3 Å². The Bertz CT molecular complexity index is 768. The molecule has 2 fully saturated rings. The molecular weight excluding hydrogens is 386 g/mol. The van der Waals surface area contributed by atoms with E-state index >= 15 is 0 Å². The van der Waals surface area contributed by atoms with Gasteiger partial charge in [0.25, 0.3) is 5.91 Å². The lowest BCUT2D eigenvalue weighted by Gasteiger charge is -2.38. The molecule has 152 valence electrons. The van der Waals surface area contributed by atoms with Gasteiger partial charge >= 0.3 is 6.03 Å². The number of nitrogens with zero attached hydrogens (tertiary/aromatic N) is 3. The molecule has 0 radical (unpaired) electrons. The van der Waals surface area contributed by atoms with Crippen molar-refractivity contribution in [2.24, 2.45) is 5.92 Å². The lowest BCUT2D eigenvalue weighted by molar-refractivity contribution is -0.137. The Balaban J connectivity index is 1.60. The average Bonchev–Trinajstić information content (AvgIpc) is 2.94. The van der Waals surface area contributed by atoms with Crippen LogP contribution in [0.2, 0.25) is 5.02 Å². The van der Waals surface area contributed by atoms with Gasteiger partial charge in [-0.3, -0.25) is 19.9 Å². The van der Waals surface area contributed by atoms with Crippen LogP contribution in [0.4, 0.5) is 10.5 Å². The summed E-state index contributed by atoms with van der Waals surface area (Å²) >= 11 is 6.00. The zero-order valence-corrected chi connectivity index (χ0v) is 16.7. The molecule has 0 aromatic carbocycles. The summed E-state index contributed by atoms with van der Waals surface area (Å²) in [6.45, 7) is 4.24. The largest absolute Gasteiger partial charge is 0.382 e. The number of nitrogens with one attached hydrogen (secondary N) is 2. The third-order valence-corrected chi connectivity index (χ3v) is 5.34. The normalized spacial score (nSPS) is 23.4. The zero-order chi connectivity index (χ0) is 20.3. The smallest absolute Gasteiger partial charge is 0.322 e. The third-order valence-electron chi connectivity index (χ3n) is 5.13. The van der Waals surface area contributed by atoms with Crippen molar-refractivity contribution in [3.63, 3.8) is 0 Å². The molecule has 2 unspecified atom stereocenters. The van der Waals surface area contributed by atoms with E-state index in [2.05, 4.69) is 20.5 Å². The predicted molar refractivity (Wildman–Crippen MR) is 103 cm³/mol. The minimum absolute atomic E-state index is 0.0116. The van der Waals surface area contributed by atoms with Gasteiger partial charge in [-0.05, 0) is 12.5 Å². The van der Waals surface area contributed by atoms with Gasteiger partial charge in [-0.1, -0.05) is 18.5 Å². The SMILES string of the molecule is COCC1(CC(C)C(=O)N2CCN(c3cncc(Cl)c3)CC2)NC(=O)NC1=O. The van der Waals surface area contributed by atoms with E-state index in [0.717, 1.165) is 5.69 Å². The number of hydrogen-bond donors (Lipinski definition) is 2. The van der Waals surface area contributed by atoms with Gasteiger partial charge < -0.3 is 19.9 Å². The summed E-state index contributed by atoms with van der Waals surface area (Å²) in [5, 5.41) is 5.42. The number of pyridine rings is 1. The highest BCUT2D eigenvalue weighted by atomic mass is 35.5. The van der Waals surface area contributed by atoms with Gasteiger partial charge in [-0.2, -0.15) is 0 Å². The molecule has 2 saturated heterocycles. The molecule has 2 atom stereocenters. The summed E-state index contributed by atoms with van der Waals surface area (Å²) in [4.78, 5) is 44.7. The molecule has 10 heteroatoms. The second-order valence-electron chi connectivity index (χ2n) is 7.20. The maximum absolute atomic E-state index is 12.9. The van der Waals surface area contributed by atoms with Crippen LogP contribution in [0.3, 0.4) is 0 Å². The molecule has 3 rings (SSSR count). The summed E-state index contributed by atoms with van der Waals surface area (Å²) in [6, 6.07) is 1.29. The van der Waals surface area contributed by atoms with Crippen molar-refractivity contribution in [3.8, 4) is 0 Å². The van der Waals surface area contributed by atoms with E-state index in [1.807, 2.05) is 6.07 Å². The average molecular weight is 410 g/mol. The second kappa shape index (κ2) is 8.32. The Hall–Kier alpha value is -2.39. The molecule has 0 saturated carbocycles. The standard InChI is InChI=1S/C18H24ClN5O4/c1-12(8-18(11-28-2)16(26)21-17(27)22-18)15(25)24-5-3-23(4-6-24)14-7-13(19)9-20-10-14/h7,9-10,12H,3-6,8,11H2,1-2H3,(H2,21,22,26,27). The van der Waals surface area contributed by atoms with Crippen LogP contribution in [0.15, 0.2) is 18.5 Å². The molecule has 4 amide bonds. The summed E-state index contributed by atoms with van der Waals surface area (Å²) in [6.07, 6.45) is 3.51. The Morgan fingerprint density at radius 2 is 2.04 bits per heavy atom. The first-order valence-electron chi connectivity index (χ1n) is 9.11. The molecule has 0 spiro atoms. The number of carbonyl (C=O) groups excluding carboxylic acids is 3. The lowest BCUT2D eigenvalue weighted by Crippen LogP contribution is -2.55. The molecule has 2 N–H and O–H groups in total. The molecule has 1 aromatic heterocycles. The summed E-state index contributed by atoms with van der Waals surface area (Å²) in [5.74, 6) is -0.954. The first-order valence-corrected chi connectivity index (χ1v) is 9.49. The van der Waals surface area contributed by atoms with Crippen molar-refractivity contribution in [2.45, 2.75) is 18.9 Å². The Kier molecular flexibility index (Phi) is 6.04. The van der Waals surface area contributed by atoms with Gasteiger partial charge in [0.05, 0.1) is 23.5 Å². The number of anilines is 1. The number of hydrogen-bond acceptors (Lipinski definition) is 6. The Morgan fingerprint density at radius 1 is 1.32 bits per heavy atom. The predicted octanol–water partition coefficient (Wildman–Crippen LogP) is 0.634. The van der Waals surface area contributed by atoms with Crippen LogP contribution in [0.25, 0.3) is 0 Å². The van der Waals surface area contributed by atoms with E-state index in [1.165, 1.54) is 7.11 Å². The highest BCUT2D eigenvalue weighted by Gasteiger charge is 2.48. The first-order chi connectivity index (χ1) is 13.3. The van der Waals surface area contributed by atoms with E-state index in [1.54, 1.807) is 24.2 Å². The maximum Gasteiger partial charge on any atom is 0.322 e. The van der Waals surface area contributed by atoms with E-state index in [-0.39, 0.29) is 18.9 Å². The Labute approximate surface area is 168 Å². The van der Waals surface area contributed by atoms with Gasteiger partial charge in [0, 0.05) is 45.4 Å². The first kappa shape index (κ1) is 20.3. The number of rotatable bonds is 6. The van der Waals surface area contributed by atoms with E-state index in [0.29, 0.717) is 31.2 Å². The van der Waals surface area contributed by atoms with Gasteiger partial charge in [0.15, 0.2) is 0 Å². The van der Waals surface area contributed by atoms with Gasteiger partial charge in [-0.25, -0.2) is 4.79 Å². The van der Waals surface area contributed by atoms with Crippen molar-refractivity contribution in [3.05, 3.63) is 23.5 Å². The van der Waals surface area contributed by atoms with Crippen molar-refractivity contribution in [1.82, 2.24) is 20.5 Å². The quantitative estimate of drug-likeness (QED) is 0.668. The van der Waals surface area contributed by atoms with E-state index in [9.17, 15) is 14.4 Å².